The fourth-order valence-electron chi connectivity index (χ4n) is 2.41. The highest BCUT2D eigenvalue weighted by Gasteiger charge is 2.12. The van der Waals surface area contributed by atoms with Crippen molar-refractivity contribution in [1.82, 2.24) is 19.5 Å². The molecule has 3 aromatic rings. The third-order valence-electron chi connectivity index (χ3n) is 3.70. The summed E-state index contributed by atoms with van der Waals surface area (Å²) in [6, 6.07) is 7.18. The molecule has 3 rings (SSSR count). The van der Waals surface area contributed by atoms with Gasteiger partial charge in [-0.2, -0.15) is 0 Å². The molecule has 7 heteroatoms. The van der Waals surface area contributed by atoms with Crippen LogP contribution in [0.25, 0.3) is 5.95 Å². The number of rotatable bonds is 3. The first-order chi connectivity index (χ1) is 11.5. The summed E-state index contributed by atoms with van der Waals surface area (Å²) in [6.07, 6.45) is 3.18. The van der Waals surface area contributed by atoms with Crippen LogP contribution in [0.15, 0.2) is 41.1 Å². The highest BCUT2D eigenvalue weighted by atomic mass is 79.9. The standard InChI is InChI=1S/C17H16BrN5O/c1-10-11(2)23(12(3)21-10)17-19-8-15(9-20-17)22-16(24)13-5-4-6-14(18)7-13/h4-9H,1-3H3,(H,22,24). The molecule has 1 amide bonds. The molecule has 0 aliphatic carbocycles. The minimum Gasteiger partial charge on any atom is -0.319 e. The van der Waals surface area contributed by atoms with Crippen LogP contribution in [0.5, 0.6) is 0 Å². The monoisotopic (exact) mass is 385 g/mol. The van der Waals surface area contributed by atoms with Crippen molar-refractivity contribution in [1.29, 1.82) is 0 Å². The quantitative estimate of drug-likeness (QED) is 0.747. The Balaban J connectivity index is 1.81. The molecule has 6 nitrogen and oxygen atoms in total. The Morgan fingerprint density at radius 3 is 2.46 bits per heavy atom. The number of carbonyl (C=O) groups excluding carboxylic acids is 1. The van der Waals surface area contributed by atoms with Gasteiger partial charge in [0.25, 0.3) is 5.91 Å². The summed E-state index contributed by atoms with van der Waals surface area (Å²) in [7, 11) is 0. The molecule has 1 N–H and O–H groups in total. The highest BCUT2D eigenvalue weighted by molar-refractivity contribution is 9.10. The van der Waals surface area contributed by atoms with Gasteiger partial charge in [-0.1, -0.05) is 22.0 Å². The molecule has 1 aromatic carbocycles. The number of amides is 1. The summed E-state index contributed by atoms with van der Waals surface area (Å²) in [4.78, 5) is 25.3. The van der Waals surface area contributed by atoms with E-state index in [-0.39, 0.29) is 5.91 Å². The number of halogens is 1. The van der Waals surface area contributed by atoms with Crippen LogP contribution in [-0.4, -0.2) is 25.4 Å². The van der Waals surface area contributed by atoms with Crippen LogP contribution in [0.3, 0.4) is 0 Å². The van der Waals surface area contributed by atoms with Crippen molar-refractivity contribution in [3.63, 3.8) is 0 Å². The smallest absolute Gasteiger partial charge is 0.255 e. The average Bonchev–Trinajstić information content (AvgIpc) is 2.81. The number of hydrogen-bond acceptors (Lipinski definition) is 4. The second-order valence-electron chi connectivity index (χ2n) is 5.40. The minimum atomic E-state index is -0.210. The molecule has 0 saturated carbocycles. The van der Waals surface area contributed by atoms with Gasteiger partial charge in [-0.3, -0.25) is 9.36 Å². The van der Waals surface area contributed by atoms with Crippen LogP contribution in [0, 0.1) is 20.8 Å². The van der Waals surface area contributed by atoms with Gasteiger partial charge >= 0.3 is 0 Å². The molecule has 0 aliphatic heterocycles. The number of nitrogens with one attached hydrogen (secondary N) is 1. The van der Waals surface area contributed by atoms with Gasteiger partial charge in [-0.05, 0) is 39.0 Å². The molecule has 0 unspecified atom stereocenters. The maximum atomic E-state index is 12.2. The average molecular weight is 386 g/mol. The molecular formula is C17H16BrN5O. The Labute approximate surface area is 148 Å². The molecule has 0 saturated heterocycles. The molecule has 0 aliphatic rings. The first-order valence-corrected chi connectivity index (χ1v) is 8.17. The minimum absolute atomic E-state index is 0.210. The highest BCUT2D eigenvalue weighted by Crippen LogP contribution is 2.16. The second-order valence-corrected chi connectivity index (χ2v) is 6.32. The Bertz CT molecular complexity index is 902. The Kier molecular flexibility index (Phi) is 4.44. The van der Waals surface area contributed by atoms with Crippen LogP contribution >= 0.6 is 15.9 Å². The number of aromatic nitrogens is 4. The largest absolute Gasteiger partial charge is 0.319 e. The lowest BCUT2D eigenvalue weighted by atomic mass is 10.2. The van der Waals surface area contributed by atoms with Crippen LogP contribution in [-0.2, 0) is 0 Å². The Hall–Kier alpha value is -2.54. The lowest BCUT2D eigenvalue weighted by Gasteiger charge is -2.08. The van der Waals surface area contributed by atoms with E-state index in [4.69, 9.17) is 0 Å². The SMILES string of the molecule is Cc1nc(C)n(-c2ncc(NC(=O)c3cccc(Br)c3)cn2)c1C. The predicted molar refractivity (Wildman–Crippen MR) is 95.5 cm³/mol. The van der Waals surface area contributed by atoms with Crippen molar-refractivity contribution in [2.24, 2.45) is 0 Å². The number of carbonyl (C=O) groups is 1. The Morgan fingerprint density at radius 2 is 1.88 bits per heavy atom. The van der Waals surface area contributed by atoms with Gasteiger partial charge in [-0.25, -0.2) is 15.0 Å². The van der Waals surface area contributed by atoms with Gasteiger partial charge in [0.15, 0.2) is 0 Å². The number of nitrogens with zero attached hydrogens (tertiary/aromatic N) is 4. The molecule has 0 atom stereocenters. The zero-order chi connectivity index (χ0) is 17.3. The molecule has 2 heterocycles. The van der Waals surface area contributed by atoms with E-state index >= 15 is 0 Å². The lowest BCUT2D eigenvalue weighted by molar-refractivity contribution is 0.102. The summed E-state index contributed by atoms with van der Waals surface area (Å²) in [5.41, 5.74) is 3.04. The normalized spacial score (nSPS) is 10.7. The van der Waals surface area contributed by atoms with Gasteiger partial charge in [0.05, 0.1) is 23.8 Å². The zero-order valence-corrected chi connectivity index (χ0v) is 15.1. The van der Waals surface area contributed by atoms with Gasteiger partial charge in [0.2, 0.25) is 5.95 Å². The molecular weight excluding hydrogens is 370 g/mol. The first kappa shape index (κ1) is 16.3. The second kappa shape index (κ2) is 6.52. The maximum Gasteiger partial charge on any atom is 0.255 e. The molecule has 2 aromatic heterocycles. The predicted octanol–water partition coefficient (Wildman–Crippen LogP) is 3.60. The van der Waals surface area contributed by atoms with Crippen molar-refractivity contribution in [2.45, 2.75) is 20.8 Å². The van der Waals surface area contributed by atoms with E-state index in [1.165, 1.54) is 0 Å². The summed E-state index contributed by atoms with van der Waals surface area (Å²) in [6.45, 7) is 5.83. The van der Waals surface area contributed by atoms with Crippen molar-refractivity contribution < 1.29 is 4.79 Å². The van der Waals surface area contributed by atoms with Crippen molar-refractivity contribution in [3.8, 4) is 5.95 Å². The molecule has 122 valence electrons. The van der Waals surface area contributed by atoms with Gasteiger partial charge in [0.1, 0.15) is 5.82 Å². The van der Waals surface area contributed by atoms with E-state index in [1.54, 1.807) is 24.5 Å². The number of benzene rings is 1. The van der Waals surface area contributed by atoms with Crippen LogP contribution in [0.2, 0.25) is 0 Å². The summed E-state index contributed by atoms with van der Waals surface area (Å²) >= 11 is 3.35. The molecule has 0 bridgehead atoms. The molecule has 0 fully saturated rings. The van der Waals surface area contributed by atoms with E-state index in [1.807, 2.05) is 37.5 Å². The number of anilines is 1. The third kappa shape index (κ3) is 3.21. The molecule has 24 heavy (non-hydrogen) atoms. The summed E-state index contributed by atoms with van der Waals surface area (Å²) in [5, 5.41) is 2.79. The van der Waals surface area contributed by atoms with Gasteiger partial charge in [-0.15, -0.1) is 0 Å². The van der Waals surface area contributed by atoms with Crippen LogP contribution in [0.4, 0.5) is 5.69 Å². The van der Waals surface area contributed by atoms with Gasteiger partial charge in [0, 0.05) is 15.7 Å². The number of aryl methyl sites for hydroxylation is 2. The molecule has 0 spiro atoms. The maximum absolute atomic E-state index is 12.2. The van der Waals surface area contributed by atoms with E-state index in [2.05, 4.69) is 36.2 Å². The first-order valence-electron chi connectivity index (χ1n) is 7.37. The Morgan fingerprint density at radius 1 is 1.17 bits per heavy atom. The van der Waals surface area contributed by atoms with E-state index in [9.17, 15) is 4.79 Å². The number of imidazole rings is 1. The lowest BCUT2D eigenvalue weighted by Crippen LogP contribution is -2.13. The van der Waals surface area contributed by atoms with Crippen LogP contribution < -0.4 is 5.32 Å². The van der Waals surface area contributed by atoms with Crippen molar-refractivity contribution in [3.05, 3.63) is 63.9 Å². The topological polar surface area (TPSA) is 72.7 Å². The van der Waals surface area contributed by atoms with Crippen molar-refractivity contribution in [2.75, 3.05) is 5.32 Å². The van der Waals surface area contributed by atoms with Crippen LogP contribution in [0.1, 0.15) is 27.6 Å². The third-order valence-corrected chi connectivity index (χ3v) is 4.19. The van der Waals surface area contributed by atoms with E-state index in [0.29, 0.717) is 17.2 Å². The van der Waals surface area contributed by atoms with Crippen molar-refractivity contribution >= 4 is 27.5 Å². The van der Waals surface area contributed by atoms with E-state index < -0.39 is 0 Å². The molecule has 0 radical (unpaired) electrons. The fourth-order valence-corrected chi connectivity index (χ4v) is 2.81. The number of hydrogen-bond donors (Lipinski definition) is 1. The van der Waals surface area contributed by atoms with E-state index in [0.717, 1.165) is 21.7 Å². The summed E-state index contributed by atoms with van der Waals surface area (Å²) in [5.74, 6) is 1.15. The van der Waals surface area contributed by atoms with Gasteiger partial charge < -0.3 is 5.32 Å². The fraction of sp³-hybridized carbons (Fsp3) is 0.176. The summed E-state index contributed by atoms with van der Waals surface area (Å²) < 4.78 is 2.73. The zero-order valence-electron chi connectivity index (χ0n) is 13.5.